The van der Waals surface area contributed by atoms with Crippen molar-refractivity contribution in [1.82, 2.24) is 5.32 Å². The van der Waals surface area contributed by atoms with Crippen molar-refractivity contribution in [1.29, 1.82) is 0 Å². The third-order valence-electron chi connectivity index (χ3n) is 3.95. The van der Waals surface area contributed by atoms with Gasteiger partial charge < -0.3 is 10.6 Å². The molecule has 0 radical (unpaired) electrons. The summed E-state index contributed by atoms with van der Waals surface area (Å²) in [5, 5.41) is 5.52. The van der Waals surface area contributed by atoms with Crippen LogP contribution in [-0.2, 0) is 4.79 Å². The minimum absolute atomic E-state index is 0.0267. The smallest absolute Gasteiger partial charge is 0.252 e. The van der Waals surface area contributed by atoms with Crippen molar-refractivity contribution in [2.45, 2.75) is 16.2 Å². The maximum Gasteiger partial charge on any atom is 0.252 e. The quantitative estimate of drug-likeness (QED) is 0.530. The van der Waals surface area contributed by atoms with Gasteiger partial charge >= 0.3 is 0 Å². The Hall–Kier alpha value is -2.83. The number of nitrogens with one attached hydrogen (secondary N) is 2. The number of carbonyl (C=O) groups is 2. The third kappa shape index (κ3) is 6.07. The maximum absolute atomic E-state index is 13.1. The minimum atomic E-state index is -0.516. The molecule has 0 unspecified atom stereocenters. The maximum atomic E-state index is 13.1. The normalized spacial score (nSPS) is 10.4. The van der Waals surface area contributed by atoms with Crippen LogP contribution in [0.5, 0.6) is 0 Å². The summed E-state index contributed by atoms with van der Waals surface area (Å²) < 4.78 is 13.1. The van der Waals surface area contributed by atoms with Gasteiger partial charge in [0.2, 0.25) is 5.91 Å². The zero-order valence-electron chi connectivity index (χ0n) is 15.3. The molecule has 2 N–H and O–H groups in total. The van der Waals surface area contributed by atoms with E-state index in [4.69, 9.17) is 11.6 Å². The van der Waals surface area contributed by atoms with E-state index in [2.05, 4.69) is 10.6 Å². The predicted molar refractivity (Wildman–Crippen MR) is 114 cm³/mol. The van der Waals surface area contributed by atoms with Gasteiger partial charge in [-0.2, -0.15) is 0 Å². The summed E-state index contributed by atoms with van der Waals surface area (Å²) in [5.74, 6) is -1.20. The lowest BCUT2D eigenvalue weighted by molar-refractivity contribution is -0.116. The highest BCUT2D eigenvalue weighted by atomic mass is 35.5. The molecule has 148 valence electrons. The van der Waals surface area contributed by atoms with Crippen LogP contribution in [0.1, 0.15) is 16.8 Å². The number of amides is 2. The van der Waals surface area contributed by atoms with Crippen LogP contribution in [-0.4, -0.2) is 18.4 Å². The summed E-state index contributed by atoms with van der Waals surface area (Å²) in [6.07, 6.45) is 0.0922. The lowest BCUT2D eigenvalue weighted by Gasteiger charge is -2.11. The van der Waals surface area contributed by atoms with E-state index >= 15 is 0 Å². The summed E-state index contributed by atoms with van der Waals surface area (Å²) in [7, 11) is 0. The highest BCUT2D eigenvalue weighted by molar-refractivity contribution is 7.99. The molecule has 0 aliphatic rings. The van der Waals surface area contributed by atoms with Gasteiger partial charge in [0.15, 0.2) is 0 Å². The van der Waals surface area contributed by atoms with Gasteiger partial charge in [-0.25, -0.2) is 4.39 Å². The van der Waals surface area contributed by atoms with Gasteiger partial charge in [-0.3, -0.25) is 9.59 Å². The van der Waals surface area contributed by atoms with Crippen molar-refractivity contribution in [2.75, 3.05) is 11.9 Å². The average molecular weight is 429 g/mol. The fourth-order valence-electron chi connectivity index (χ4n) is 2.55. The van der Waals surface area contributed by atoms with Crippen molar-refractivity contribution in [2.24, 2.45) is 0 Å². The molecule has 0 aliphatic heterocycles. The van der Waals surface area contributed by atoms with Gasteiger partial charge in [-0.05, 0) is 42.5 Å². The van der Waals surface area contributed by atoms with Gasteiger partial charge in [0.1, 0.15) is 5.82 Å². The van der Waals surface area contributed by atoms with Crippen LogP contribution >= 0.6 is 23.4 Å². The molecule has 0 aromatic heterocycles. The number of halogens is 2. The first kappa shape index (κ1) is 20.9. The number of hydrogen-bond donors (Lipinski definition) is 2. The molecular weight excluding hydrogens is 411 g/mol. The second-order valence-electron chi connectivity index (χ2n) is 6.09. The molecule has 0 spiro atoms. The Labute approximate surface area is 177 Å². The number of anilines is 1. The second-order valence-corrected chi connectivity index (χ2v) is 7.61. The number of carbonyl (C=O) groups excluding carboxylic acids is 2. The monoisotopic (exact) mass is 428 g/mol. The molecule has 7 heteroatoms. The minimum Gasteiger partial charge on any atom is -0.351 e. The Morgan fingerprint density at radius 1 is 0.966 bits per heavy atom. The SMILES string of the molecule is O=C(CCNC(=O)c1ccc(F)cc1Cl)Nc1ccccc1Sc1ccccc1. The summed E-state index contributed by atoms with van der Waals surface area (Å²) in [6.45, 7) is 0.131. The summed E-state index contributed by atoms with van der Waals surface area (Å²) in [5.41, 5.74) is 0.873. The topological polar surface area (TPSA) is 58.2 Å². The van der Waals surface area contributed by atoms with Gasteiger partial charge in [-0.15, -0.1) is 0 Å². The zero-order chi connectivity index (χ0) is 20.6. The Bertz CT molecular complexity index is 1010. The van der Waals surface area contributed by atoms with E-state index in [0.29, 0.717) is 5.69 Å². The molecule has 0 atom stereocenters. The lowest BCUT2D eigenvalue weighted by atomic mass is 10.2. The van der Waals surface area contributed by atoms with Crippen molar-refractivity contribution in [3.63, 3.8) is 0 Å². The number of rotatable bonds is 7. The van der Waals surface area contributed by atoms with E-state index in [1.54, 1.807) is 11.8 Å². The largest absolute Gasteiger partial charge is 0.351 e. The van der Waals surface area contributed by atoms with Crippen molar-refractivity contribution < 1.29 is 14.0 Å². The van der Waals surface area contributed by atoms with Gasteiger partial charge in [-0.1, -0.05) is 53.7 Å². The van der Waals surface area contributed by atoms with Crippen molar-refractivity contribution in [3.8, 4) is 0 Å². The van der Waals surface area contributed by atoms with Crippen LogP contribution in [0, 0.1) is 5.82 Å². The molecule has 0 saturated heterocycles. The molecule has 0 saturated carbocycles. The van der Waals surface area contributed by atoms with Crippen LogP contribution in [0.3, 0.4) is 0 Å². The third-order valence-corrected chi connectivity index (χ3v) is 5.34. The molecule has 0 aliphatic carbocycles. The molecule has 29 heavy (non-hydrogen) atoms. The summed E-state index contributed by atoms with van der Waals surface area (Å²) in [6, 6.07) is 20.9. The molecular formula is C22H18ClFN2O2S. The number of hydrogen-bond acceptors (Lipinski definition) is 3. The molecule has 3 aromatic rings. The number of para-hydroxylation sites is 1. The fraction of sp³-hybridized carbons (Fsp3) is 0.0909. The van der Waals surface area contributed by atoms with Crippen LogP contribution in [0.15, 0.2) is 82.6 Å². The van der Waals surface area contributed by atoms with Gasteiger partial charge in [0, 0.05) is 22.8 Å². The van der Waals surface area contributed by atoms with E-state index in [1.165, 1.54) is 6.07 Å². The first-order chi connectivity index (χ1) is 14.0. The van der Waals surface area contributed by atoms with Crippen LogP contribution < -0.4 is 10.6 Å². The molecule has 3 aromatic carbocycles. The van der Waals surface area contributed by atoms with Crippen LogP contribution in [0.2, 0.25) is 5.02 Å². The first-order valence-electron chi connectivity index (χ1n) is 8.88. The van der Waals surface area contributed by atoms with Crippen LogP contribution in [0.4, 0.5) is 10.1 Å². The Balaban J connectivity index is 1.54. The Morgan fingerprint density at radius 2 is 1.69 bits per heavy atom. The molecule has 2 amide bonds. The summed E-state index contributed by atoms with van der Waals surface area (Å²) >= 11 is 7.43. The highest BCUT2D eigenvalue weighted by Gasteiger charge is 2.12. The zero-order valence-corrected chi connectivity index (χ0v) is 16.9. The van der Waals surface area contributed by atoms with Crippen molar-refractivity contribution in [3.05, 3.63) is 89.2 Å². The predicted octanol–water partition coefficient (Wildman–Crippen LogP) is 5.39. The summed E-state index contributed by atoms with van der Waals surface area (Å²) in [4.78, 5) is 26.4. The van der Waals surface area contributed by atoms with Crippen molar-refractivity contribution >= 4 is 40.9 Å². The van der Waals surface area contributed by atoms with E-state index in [9.17, 15) is 14.0 Å². The van der Waals surface area contributed by atoms with E-state index in [0.717, 1.165) is 21.9 Å². The van der Waals surface area contributed by atoms with E-state index in [1.807, 2.05) is 54.6 Å². The average Bonchev–Trinajstić information content (AvgIpc) is 2.70. The van der Waals surface area contributed by atoms with E-state index in [-0.39, 0.29) is 29.5 Å². The van der Waals surface area contributed by atoms with Gasteiger partial charge in [0.25, 0.3) is 5.91 Å². The lowest BCUT2D eigenvalue weighted by Crippen LogP contribution is -2.28. The second kappa shape index (κ2) is 10.1. The van der Waals surface area contributed by atoms with Crippen LogP contribution in [0.25, 0.3) is 0 Å². The van der Waals surface area contributed by atoms with Gasteiger partial charge in [0.05, 0.1) is 16.3 Å². The molecule has 3 rings (SSSR count). The standard InChI is InChI=1S/C22H18ClFN2O2S/c23-18-14-15(24)10-11-17(18)22(28)25-13-12-21(27)26-19-8-4-5-9-20(19)29-16-6-2-1-3-7-16/h1-11,14H,12-13H2,(H,25,28)(H,26,27). The van der Waals surface area contributed by atoms with E-state index < -0.39 is 11.7 Å². The fourth-order valence-corrected chi connectivity index (χ4v) is 3.72. The Kier molecular flexibility index (Phi) is 7.27. The Morgan fingerprint density at radius 3 is 2.45 bits per heavy atom. The molecule has 4 nitrogen and oxygen atoms in total. The molecule has 0 fully saturated rings. The molecule has 0 heterocycles. The highest BCUT2D eigenvalue weighted by Crippen LogP contribution is 2.33. The first-order valence-corrected chi connectivity index (χ1v) is 10.1. The molecule has 0 bridgehead atoms. The number of benzene rings is 3.